The molecule has 0 aliphatic heterocycles. The molecule has 0 unspecified atom stereocenters. The summed E-state index contributed by atoms with van der Waals surface area (Å²) in [6.07, 6.45) is 0. The molecular formula is C16H17F2N. The molecule has 1 N–H and O–H groups in total. The molecule has 0 saturated carbocycles. The standard InChI is InChI=1S/C16H17F2N/c1-11-6-7-13(8-16(11)18)10-19-12(2)14-4-3-5-15(17)9-14/h3-9,12,19H,10H2,1-2H3/t12-/m1/s1. The number of nitrogens with one attached hydrogen (secondary N) is 1. The average molecular weight is 261 g/mol. The number of benzene rings is 2. The SMILES string of the molecule is Cc1ccc(CN[C@H](C)c2cccc(F)c2)cc1F. The van der Waals surface area contributed by atoms with Crippen molar-refractivity contribution in [1.29, 1.82) is 0 Å². The van der Waals surface area contributed by atoms with E-state index in [1.54, 1.807) is 19.1 Å². The average Bonchev–Trinajstić information content (AvgIpc) is 2.40. The van der Waals surface area contributed by atoms with Gasteiger partial charge >= 0.3 is 0 Å². The van der Waals surface area contributed by atoms with E-state index in [1.807, 2.05) is 19.1 Å². The van der Waals surface area contributed by atoms with Crippen LogP contribution < -0.4 is 5.32 Å². The first kappa shape index (κ1) is 13.7. The number of rotatable bonds is 4. The van der Waals surface area contributed by atoms with Crippen LogP contribution in [-0.2, 0) is 6.54 Å². The molecule has 0 radical (unpaired) electrons. The van der Waals surface area contributed by atoms with Gasteiger partial charge in [-0.05, 0) is 48.7 Å². The van der Waals surface area contributed by atoms with E-state index in [1.165, 1.54) is 18.2 Å². The molecular weight excluding hydrogens is 244 g/mol. The van der Waals surface area contributed by atoms with E-state index in [4.69, 9.17) is 0 Å². The Morgan fingerprint density at radius 3 is 2.58 bits per heavy atom. The monoisotopic (exact) mass is 261 g/mol. The Morgan fingerprint density at radius 2 is 1.89 bits per heavy atom. The maximum absolute atomic E-state index is 13.4. The van der Waals surface area contributed by atoms with Crippen LogP contribution in [0.25, 0.3) is 0 Å². The van der Waals surface area contributed by atoms with Gasteiger partial charge < -0.3 is 5.32 Å². The smallest absolute Gasteiger partial charge is 0.126 e. The molecule has 100 valence electrons. The van der Waals surface area contributed by atoms with E-state index in [2.05, 4.69) is 5.32 Å². The predicted octanol–water partition coefficient (Wildman–Crippen LogP) is 4.12. The lowest BCUT2D eigenvalue weighted by Crippen LogP contribution is -2.18. The van der Waals surface area contributed by atoms with Gasteiger partial charge in [-0.2, -0.15) is 0 Å². The fourth-order valence-corrected chi connectivity index (χ4v) is 1.91. The van der Waals surface area contributed by atoms with Crippen LogP contribution in [0.5, 0.6) is 0 Å². The lowest BCUT2D eigenvalue weighted by molar-refractivity contribution is 0.560. The van der Waals surface area contributed by atoms with Gasteiger partial charge in [0.25, 0.3) is 0 Å². The third-order valence-corrected chi connectivity index (χ3v) is 3.20. The van der Waals surface area contributed by atoms with Crippen molar-refractivity contribution < 1.29 is 8.78 Å². The minimum absolute atomic E-state index is 0.0139. The van der Waals surface area contributed by atoms with Crippen LogP contribution in [0.1, 0.15) is 29.7 Å². The molecule has 2 aromatic rings. The minimum Gasteiger partial charge on any atom is -0.306 e. The van der Waals surface area contributed by atoms with Crippen LogP contribution in [0, 0.1) is 18.6 Å². The third-order valence-electron chi connectivity index (χ3n) is 3.20. The van der Waals surface area contributed by atoms with Crippen molar-refractivity contribution >= 4 is 0 Å². The van der Waals surface area contributed by atoms with Gasteiger partial charge in [-0.3, -0.25) is 0 Å². The van der Waals surface area contributed by atoms with Crippen molar-refractivity contribution in [2.75, 3.05) is 0 Å². The van der Waals surface area contributed by atoms with Crippen molar-refractivity contribution in [1.82, 2.24) is 5.32 Å². The first-order valence-electron chi connectivity index (χ1n) is 6.30. The maximum atomic E-state index is 13.4. The topological polar surface area (TPSA) is 12.0 Å². The first-order valence-corrected chi connectivity index (χ1v) is 6.30. The second kappa shape index (κ2) is 5.93. The van der Waals surface area contributed by atoms with Crippen molar-refractivity contribution in [2.24, 2.45) is 0 Å². The number of aryl methyl sites for hydroxylation is 1. The highest BCUT2D eigenvalue weighted by atomic mass is 19.1. The predicted molar refractivity (Wildman–Crippen MR) is 72.8 cm³/mol. The molecule has 0 aromatic heterocycles. The Kier molecular flexibility index (Phi) is 4.27. The summed E-state index contributed by atoms with van der Waals surface area (Å²) < 4.78 is 26.5. The summed E-state index contributed by atoms with van der Waals surface area (Å²) in [5.74, 6) is -0.440. The van der Waals surface area contributed by atoms with E-state index in [0.717, 1.165) is 11.1 Å². The molecule has 0 saturated heterocycles. The Balaban J connectivity index is 2.00. The lowest BCUT2D eigenvalue weighted by atomic mass is 10.1. The van der Waals surface area contributed by atoms with Gasteiger partial charge in [-0.1, -0.05) is 24.3 Å². The summed E-state index contributed by atoms with van der Waals surface area (Å²) in [6.45, 7) is 4.25. The fourth-order valence-electron chi connectivity index (χ4n) is 1.91. The van der Waals surface area contributed by atoms with E-state index >= 15 is 0 Å². The summed E-state index contributed by atoms with van der Waals surface area (Å²) in [7, 11) is 0. The Labute approximate surface area is 112 Å². The van der Waals surface area contributed by atoms with Gasteiger partial charge in [0.1, 0.15) is 11.6 Å². The molecule has 0 spiro atoms. The van der Waals surface area contributed by atoms with Crippen molar-refractivity contribution in [3.05, 3.63) is 70.8 Å². The Hall–Kier alpha value is -1.74. The molecule has 2 aromatic carbocycles. The summed E-state index contributed by atoms with van der Waals surface area (Å²) in [4.78, 5) is 0. The third kappa shape index (κ3) is 3.61. The lowest BCUT2D eigenvalue weighted by Gasteiger charge is -2.14. The Bertz CT molecular complexity index is 566. The van der Waals surface area contributed by atoms with Gasteiger partial charge in [-0.15, -0.1) is 0 Å². The molecule has 0 bridgehead atoms. The van der Waals surface area contributed by atoms with Crippen LogP contribution >= 0.6 is 0 Å². The summed E-state index contributed by atoms with van der Waals surface area (Å²) in [5.41, 5.74) is 2.40. The first-order chi connectivity index (χ1) is 9.06. The van der Waals surface area contributed by atoms with Gasteiger partial charge in [-0.25, -0.2) is 8.78 Å². The molecule has 1 atom stereocenters. The van der Waals surface area contributed by atoms with Gasteiger partial charge in [0.05, 0.1) is 0 Å². The highest BCUT2D eigenvalue weighted by Gasteiger charge is 2.06. The highest BCUT2D eigenvalue weighted by molar-refractivity contribution is 5.24. The van der Waals surface area contributed by atoms with Gasteiger partial charge in [0, 0.05) is 12.6 Å². The number of halogens is 2. The minimum atomic E-state index is -0.243. The zero-order valence-corrected chi connectivity index (χ0v) is 11.1. The van der Waals surface area contributed by atoms with Crippen LogP contribution in [0.3, 0.4) is 0 Å². The molecule has 2 rings (SSSR count). The van der Waals surface area contributed by atoms with Gasteiger partial charge in [0.15, 0.2) is 0 Å². The summed E-state index contributed by atoms with van der Waals surface area (Å²) in [6, 6.07) is 11.7. The summed E-state index contributed by atoms with van der Waals surface area (Å²) >= 11 is 0. The molecule has 0 amide bonds. The zero-order chi connectivity index (χ0) is 13.8. The second-order valence-electron chi connectivity index (χ2n) is 4.74. The van der Waals surface area contributed by atoms with Crippen LogP contribution in [0.4, 0.5) is 8.78 Å². The molecule has 3 heteroatoms. The van der Waals surface area contributed by atoms with E-state index in [-0.39, 0.29) is 17.7 Å². The van der Waals surface area contributed by atoms with Crippen LogP contribution in [-0.4, -0.2) is 0 Å². The maximum Gasteiger partial charge on any atom is 0.126 e. The van der Waals surface area contributed by atoms with Crippen molar-refractivity contribution in [2.45, 2.75) is 26.4 Å². The van der Waals surface area contributed by atoms with E-state index < -0.39 is 0 Å². The molecule has 0 aliphatic carbocycles. The normalized spacial score (nSPS) is 12.4. The van der Waals surface area contributed by atoms with E-state index in [0.29, 0.717) is 12.1 Å². The molecule has 19 heavy (non-hydrogen) atoms. The molecule has 0 fully saturated rings. The molecule has 1 nitrogen and oxygen atoms in total. The number of hydrogen-bond acceptors (Lipinski definition) is 1. The molecule has 0 heterocycles. The highest BCUT2D eigenvalue weighted by Crippen LogP contribution is 2.15. The van der Waals surface area contributed by atoms with Gasteiger partial charge in [0.2, 0.25) is 0 Å². The van der Waals surface area contributed by atoms with Crippen molar-refractivity contribution in [3.8, 4) is 0 Å². The quantitative estimate of drug-likeness (QED) is 0.872. The largest absolute Gasteiger partial charge is 0.306 e. The van der Waals surface area contributed by atoms with E-state index in [9.17, 15) is 8.78 Å². The van der Waals surface area contributed by atoms with Crippen molar-refractivity contribution in [3.63, 3.8) is 0 Å². The number of hydrogen-bond donors (Lipinski definition) is 1. The molecule has 0 aliphatic rings. The zero-order valence-electron chi connectivity index (χ0n) is 11.1. The van der Waals surface area contributed by atoms with Crippen LogP contribution in [0.2, 0.25) is 0 Å². The Morgan fingerprint density at radius 1 is 1.11 bits per heavy atom. The van der Waals surface area contributed by atoms with Crippen LogP contribution in [0.15, 0.2) is 42.5 Å². The summed E-state index contributed by atoms with van der Waals surface area (Å²) in [5, 5.41) is 3.26. The fraction of sp³-hybridized carbons (Fsp3) is 0.250. The second-order valence-corrected chi connectivity index (χ2v) is 4.74.